The van der Waals surface area contributed by atoms with Crippen molar-refractivity contribution in [1.82, 2.24) is 20.4 Å². The lowest BCUT2D eigenvalue weighted by atomic mass is 10.0. The van der Waals surface area contributed by atoms with Crippen LogP contribution in [0.5, 0.6) is 5.75 Å². The Labute approximate surface area is 216 Å². The van der Waals surface area contributed by atoms with Crippen LogP contribution >= 0.6 is 11.3 Å². The van der Waals surface area contributed by atoms with Gasteiger partial charge in [-0.2, -0.15) is 4.98 Å². The van der Waals surface area contributed by atoms with Crippen LogP contribution in [-0.4, -0.2) is 70.1 Å². The Morgan fingerprint density at radius 1 is 1.19 bits per heavy atom. The summed E-state index contributed by atoms with van der Waals surface area (Å²) in [6.45, 7) is 12.7. The van der Waals surface area contributed by atoms with Crippen LogP contribution in [0.2, 0.25) is 0 Å². The minimum Gasteiger partial charge on any atom is -0.490 e. The number of aliphatic hydroxyl groups excluding tert-OH is 2. The van der Waals surface area contributed by atoms with Crippen LogP contribution < -0.4 is 10.1 Å². The van der Waals surface area contributed by atoms with Gasteiger partial charge in [0.2, 0.25) is 11.7 Å². The zero-order valence-electron chi connectivity index (χ0n) is 21.6. The first kappa shape index (κ1) is 27.8. The van der Waals surface area contributed by atoms with E-state index >= 15 is 0 Å². The van der Waals surface area contributed by atoms with E-state index in [9.17, 15) is 9.90 Å². The molecule has 0 saturated carbocycles. The van der Waals surface area contributed by atoms with Crippen LogP contribution in [0.1, 0.15) is 42.3 Å². The van der Waals surface area contributed by atoms with E-state index < -0.39 is 18.6 Å². The third-order valence-electron chi connectivity index (χ3n) is 6.01. The zero-order chi connectivity index (χ0) is 26.2. The van der Waals surface area contributed by atoms with Crippen molar-refractivity contribution in [2.75, 3.05) is 32.8 Å². The Morgan fingerprint density at radius 2 is 1.94 bits per heavy atom. The van der Waals surface area contributed by atoms with Gasteiger partial charge in [0, 0.05) is 23.5 Å². The minimum absolute atomic E-state index is 0.00243. The third kappa shape index (κ3) is 6.91. The van der Waals surface area contributed by atoms with Gasteiger partial charge in [0.1, 0.15) is 25.1 Å². The van der Waals surface area contributed by atoms with Gasteiger partial charge in [0.25, 0.3) is 5.89 Å². The highest BCUT2D eigenvalue weighted by molar-refractivity contribution is 7.15. The molecular formula is C26H36N4O5S. The van der Waals surface area contributed by atoms with Gasteiger partial charge in [-0.1, -0.05) is 25.9 Å². The highest BCUT2D eigenvalue weighted by Gasteiger charge is 2.18. The molecule has 3 aromatic rings. The smallest absolute Gasteiger partial charge is 0.268 e. The molecule has 0 aliphatic carbocycles. The number of amides is 1. The summed E-state index contributed by atoms with van der Waals surface area (Å²) in [4.78, 5) is 20.5. The third-order valence-corrected chi connectivity index (χ3v) is 7.22. The molecule has 0 spiro atoms. The summed E-state index contributed by atoms with van der Waals surface area (Å²) < 4.78 is 11.5. The first-order chi connectivity index (χ1) is 17.3. The van der Waals surface area contributed by atoms with Crippen molar-refractivity contribution >= 4 is 17.2 Å². The van der Waals surface area contributed by atoms with Crippen LogP contribution in [0.3, 0.4) is 0 Å². The molecule has 1 aromatic carbocycles. The maximum Gasteiger partial charge on any atom is 0.268 e. The summed E-state index contributed by atoms with van der Waals surface area (Å²) in [5, 5.41) is 25.5. The van der Waals surface area contributed by atoms with Crippen molar-refractivity contribution in [3.63, 3.8) is 0 Å². The molecule has 36 heavy (non-hydrogen) atoms. The monoisotopic (exact) mass is 516 g/mol. The Kier molecular flexibility index (Phi) is 10.0. The van der Waals surface area contributed by atoms with Crippen molar-refractivity contribution in [2.45, 2.75) is 53.7 Å². The number of carbonyl (C=O) groups is 1. The molecule has 9 nitrogen and oxygen atoms in total. The van der Waals surface area contributed by atoms with Crippen molar-refractivity contribution in [2.24, 2.45) is 0 Å². The van der Waals surface area contributed by atoms with E-state index in [0.717, 1.165) is 41.2 Å². The number of benzene rings is 1. The van der Waals surface area contributed by atoms with Crippen LogP contribution in [0.4, 0.5) is 0 Å². The summed E-state index contributed by atoms with van der Waals surface area (Å²) in [6, 6.07) is 6.02. The standard InChI is InChI=1S/C26H36N4O5S/c1-6-18-11-19(9-17(5)24(18)34-15-20(32)12-27-23(33)14-31)25-28-26(35-29-25)21-10-16(4)22(36-21)13-30(7-2)8-3/h9-11,20,31-32H,6-8,12-15H2,1-5H3,(H,27,33)/t20-/m0/s1. The number of nitrogens with zero attached hydrogens (tertiary/aromatic N) is 3. The molecule has 0 bridgehead atoms. The van der Waals surface area contributed by atoms with E-state index in [2.05, 4.69) is 47.2 Å². The molecule has 0 saturated heterocycles. The molecule has 2 heterocycles. The number of carbonyl (C=O) groups excluding carboxylic acids is 1. The maximum absolute atomic E-state index is 11.2. The second-order valence-corrected chi connectivity index (χ2v) is 9.80. The number of aryl methyl sites for hydroxylation is 3. The highest BCUT2D eigenvalue weighted by atomic mass is 32.1. The zero-order valence-corrected chi connectivity index (χ0v) is 22.4. The average Bonchev–Trinajstić information content (AvgIpc) is 3.51. The fourth-order valence-corrected chi connectivity index (χ4v) is 4.98. The lowest BCUT2D eigenvalue weighted by Crippen LogP contribution is -2.36. The number of aromatic nitrogens is 2. The molecule has 0 aliphatic rings. The number of ether oxygens (including phenoxy) is 1. The van der Waals surface area contributed by atoms with Crippen molar-refractivity contribution < 1.29 is 24.3 Å². The normalized spacial score (nSPS) is 12.2. The van der Waals surface area contributed by atoms with Crippen molar-refractivity contribution in [3.05, 3.63) is 39.8 Å². The fraction of sp³-hybridized carbons (Fsp3) is 0.500. The molecule has 1 amide bonds. The van der Waals surface area contributed by atoms with Gasteiger partial charge in [-0.25, -0.2) is 0 Å². The van der Waals surface area contributed by atoms with Crippen molar-refractivity contribution in [3.8, 4) is 27.9 Å². The molecule has 0 radical (unpaired) electrons. The maximum atomic E-state index is 11.2. The lowest BCUT2D eigenvalue weighted by molar-refractivity contribution is -0.124. The first-order valence-electron chi connectivity index (χ1n) is 12.3. The summed E-state index contributed by atoms with van der Waals surface area (Å²) in [5.74, 6) is 1.17. The average molecular weight is 517 g/mol. The molecule has 1 atom stereocenters. The number of hydrogen-bond donors (Lipinski definition) is 3. The molecule has 10 heteroatoms. The number of aliphatic hydroxyl groups is 2. The molecule has 0 unspecified atom stereocenters. The van der Waals surface area contributed by atoms with Gasteiger partial charge in [-0.3, -0.25) is 9.69 Å². The van der Waals surface area contributed by atoms with E-state index in [4.69, 9.17) is 14.4 Å². The summed E-state index contributed by atoms with van der Waals surface area (Å²) in [7, 11) is 0. The first-order valence-corrected chi connectivity index (χ1v) is 13.1. The van der Waals surface area contributed by atoms with Crippen LogP contribution in [0, 0.1) is 13.8 Å². The Bertz CT molecular complexity index is 1160. The van der Waals surface area contributed by atoms with Gasteiger partial charge >= 0.3 is 0 Å². The van der Waals surface area contributed by atoms with Gasteiger partial charge in [0.15, 0.2) is 0 Å². The summed E-state index contributed by atoms with van der Waals surface area (Å²) >= 11 is 1.69. The second kappa shape index (κ2) is 13.0. The minimum atomic E-state index is -0.898. The molecule has 3 N–H and O–H groups in total. The molecule has 0 aliphatic heterocycles. The molecule has 196 valence electrons. The lowest BCUT2D eigenvalue weighted by Gasteiger charge is -2.17. The Balaban J connectivity index is 1.75. The van der Waals surface area contributed by atoms with E-state index in [-0.39, 0.29) is 13.2 Å². The van der Waals surface area contributed by atoms with Gasteiger partial charge in [0.05, 0.1) is 4.88 Å². The van der Waals surface area contributed by atoms with Crippen LogP contribution in [0.15, 0.2) is 22.7 Å². The summed E-state index contributed by atoms with van der Waals surface area (Å²) in [5.41, 5.74) is 3.90. The molecule has 3 rings (SSSR count). The highest BCUT2D eigenvalue weighted by Crippen LogP contribution is 2.34. The summed E-state index contributed by atoms with van der Waals surface area (Å²) in [6.07, 6.45) is -0.185. The number of nitrogens with one attached hydrogen (secondary N) is 1. The number of thiophene rings is 1. The fourth-order valence-electron chi connectivity index (χ4n) is 3.84. The van der Waals surface area contributed by atoms with Crippen LogP contribution in [-0.2, 0) is 17.8 Å². The van der Waals surface area contributed by atoms with Crippen LogP contribution in [0.25, 0.3) is 22.2 Å². The van der Waals surface area contributed by atoms with Gasteiger partial charge < -0.3 is 24.8 Å². The molecule has 0 fully saturated rings. The Hall–Kier alpha value is -2.79. The Morgan fingerprint density at radius 3 is 2.61 bits per heavy atom. The predicted octanol–water partition coefficient (Wildman–Crippen LogP) is 3.33. The van der Waals surface area contributed by atoms with Crippen molar-refractivity contribution in [1.29, 1.82) is 0 Å². The molecular weight excluding hydrogens is 480 g/mol. The van der Waals surface area contributed by atoms with E-state index in [1.807, 2.05) is 26.0 Å². The van der Waals surface area contributed by atoms with E-state index in [1.165, 1.54) is 10.4 Å². The van der Waals surface area contributed by atoms with Gasteiger partial charge in [-0.15, -0.1) is 11.3 Å². The topological polar surface area (TPSA) is 121 Å². The SMILES string of the molecule is CCc1cc(-c2noc(-c3cc(C)c(CN(CC)CC)s3)n2)cc(C)c1OC[C@@H](O)CNC(=O)CO. The van der Waals surface area contributed by atoms with E-state index in [1.54, 1.807) is 11.3 Å². The quantitative estimate of drug-likeness (QED) is 0.316. The largest absolute Gasteiger partial charge is 0.490 e. The number of rotatable bonds is 13. The number of hydrogen-bond acceptors (Lipinski definition) is 9. The molecule has 2 aromatic heterocycles. The van der Waals surface area contributed by atoms with E-state index in [0.29, 0.717) is 23.9 Å². The predicted molar refractivity (Wildman–Crippen MR) is 140 cm³/mol. The second-order valence-electron chi connectivity index (χ2n) is 8.66. The van der Waals surface area contributed by atoms with Gasteiger partial charge in [-0.05, 0) is 68.2 Å².